The molecule has 0 amide bonds. The number of aliphatic hydroxyl groups is 1. The molecule has 0 spiro atoms. The summed E-state index contributed by atoms with van der Waals surface area (Å²) in [4.78, 5) is 8.99. The second-order valence-electron chi connectivity index (χ2n) is 5.28. The predicted octanol–water partition coefficient (Wildman–Crippen LogP) is 0.565. The quantitative estimate of drug-likeness (QED) is 0.821. The van der Waals surface area contributed by atoms with Crippen molar-refractivity contribution in [3.05, 3.63) is 12.1 Å². The van der Waals surface area contributed by atoms with Gasteiger partial charge in [0, 0.05) is 32.7 Å². The predicted molar refractivity (Wildman–Crippen MR) is 80.2 cm³/mol. The number of piperazine rings is 1. The summed E-state index contributed by atoms with van der Waals surface area (Å²) >= 11 is 0. The summed E-state index contributed by atoms with van der Waals surface area (Å²) in [6.45, 7) is 8.55. The molecule has 6 heteroatoms. The highest BCUT2D eigenvalue weighted by Gasteiger charge is 2.18. The van der Waals surface area contributed by atoms with Crippen LogP contribution in [0.15, 0.2) is 12.1 Å². The maximum atomic E-state index is 8.95. The van der Waals surface area contributed by atoms with Gasteiger partial charge in [0.2, 0.25) is 5.88 Å². The van der Waals surface area contributed by atoms with E-state index >= 15 is 0 Å². The van der Waals surface area contributed by atoms with Crippen LogP contribution in [0.5, 0.6) is 5.88 Å². The molecular weight excluding hydrogens is 256 g/mol. The van der Waals surface area contributed by atoms with Gasteiger partial charge < -0.3 is 20.5 Å². The lowest BCUT2D eigenvalue weighted by atomic mass is 10.3. The maximum Gasteiger partial charge on any atom is 0.239 e. The largest absolute Gasteiger partial charge is 0.473 e. The molecule has 1 saturated heterocycles. The third kappa shape index (κ3) is 3.74. The number of aromatic nitrogens is 1. The number of anilines is 2. The molecule has 112 valence electrons. The molecular formula is C14H24N4O2. The number of rotatable bonds is 5. The number of hydrogen-bond donors (Lipinski definition) is 2. The van der Waals surface area contributed by atoms with Gasteiger partial charge in [-0.05, 0) is 26.0 Å². The molecule has 0 radical (unpaired) electrons. The van der Waals surface area contributed by atoms with Crippen molar-refractivity contribution in [1.29, 1.82) is 0 Å². The lowest BCUT2D eigenvalue weighted by Crippen LogP contribution is -2.47. The zero-order valence-electron chi connectivity index (χ0n) is 12.2. The monoisotopic (exact) mass is 280 g/mol. The molecule has 20 heavy (non-hydrogen) atoms. The summed E-state index contributed by atoms with van der Waals surface area (Å²) in [5, 5.41) is 8.95. The highest BCUT2D eigenvalue weighted by atomic mass is 16.5. The molecule has 1 aromatic rings. The zero-order valence-corrected chi connectivity index (χ0v) is 12.2. The number of β-amino-alcohol motifs (C(OH)–C–C–N with tert-alkyl or cyclic N) is 1. The van der Waals surface area contributed by atoms with E-state index < -0.39 is 0 Å². The molecule has 3 N–H and O–H groups in total. The Morgan fingerprint density at radius 1 is 1.30 bits per heavy atom. The van der Waals surface area contributed by atoms with Gasteiger partial charge in [-0.2, -0.15) is 4.98 Å². The second kappa shape index (κ2) is 6.76. The highest BCUT2D eigenvalue weighted by Crippen LogP contribution is 2.24. The zero-order chi connectivity index (χ0) is 14.5. The second-order valence-corrected chi connectivity index (χ2v) is 5.28. The van der Waals surface area contributed by atoms with Crippen LogP contribution in [0.1, 0.15) is 13.8 Å². The van der Waals surface area contributed by atoms with Crippen LogP contribution in [-0.2, 0) is 0 Å². The van der Waals surface area contributed by atoms with Crippen LogP contribution >= 0.6 is 0 Å². The van der Waals surface area contributed by atoms with Gasteiger partial charge >= 0.3 is 0 Å². The summed E-state index contributed by atoms with van der Waals surface area (Å²) in [6.07, 6.45) is 0.0569. The maximum absolute atomic E-state index is 8.95. The van der Waals surface area contributed by atoms with Crippen molar-refractivity contribution in [3.8, 4) is 5.88 Å². The first-order valence-corrected chi connectivity index (χ1v) is 7.11. The molecule has 0 unspecified atom stereocenters. The molecule has 1 aromatic heterocycles. The van der Waals surface area contributed by atoms with Crippen molar-refractivity contribution >= 4 is 11.5 Å². The fourth-order valence-electron chi connectivity index (χ4n) is 2.28. The van der Waals surface area contributed by atoms with Gasteiger partial charge in [0.15, 0.2) is 0 Å². The number of pyridine rings is 1. The molecule has 2 heterocycles. The Balaban J connectivity index is 2.02. The summed E-state index contributed by atoms with van der Waals surface area (Å²) in [5.74, 6) is 1.41. The normalized spacial score (nSPS) is 16.7. The van der Waals surface area contributed by atoms with Crippen LogP contribution < -0.4 is 15.4 Å². The Hall–Kier alpha value is -1.53. The molecule has 1 aliphatic heterocycles. The van der Waals surface area contributed by atoms with E-state index in [9.17, 15) is 0 Å². The number of nitrogens with two attached hydrogens (primary N) is 1. The molecule has 6 nitrogen and oxygen atoms in total. The average molecular weight is 280 g/mol. The number of hydrogen-bond acceptors (Lipinski definition) is 6. The van der Waals surface area contributed by atoms with E-state index in [4.69, 9.17) is 15.6 Å². The van der Waals surface area contributed by atoms with Crippen molar-refractivity contribution in [3.63, 3.8) is 0 Å². The number of aliphatic hydroxyl groups excluding tert-OH is 1. The van der Waals surface area contributed by atoms with Crippen molar-refractivity contribution in [2.45, 2.75) is 20.0 Å². The van der Waals surface area contributed by atoms with Gasteiger partial charge in [-0.3, -0.25) is 4.90 Å². The van der Waals surface area contributed by atoms with E-state index in [1.54, 1.807) is 0 Å². The number of ether oxygens (including phenoxy) is 1. The van der Waals surface area contributed by atoms with E-state index in [1.807, 2.05) is 26.0 Å². The Labute approximate surface area is 120 Å². The van der Waals surface area contributed by atoms with Crippen LogP contribution in [0, 0.1) is 0 Å². The van der Waals surface area contributed by atoms with Gasteiger partial charge in [0.25, 0.3) is 0 Å². The highest BCUT2D eigenvalue weighted by molar-refractivity contribution is 5.54. The van der Waals surface area contributed by atoms with E-state index in [0.29, 0.717) is 11.6 Å². The smallest absolute Gasteiger partial charge is 0.239 e. The average Bonchev–Trinajstić information content (AvgIpc) is 2.42. The molecule has 0 aliphatic carbocycles. The summed E-state index contributed by atoms with van der Waals surface area (Å²) in [7, 11) is 0. The van der Waals surface area contributed by atoms with Crippen molar-refractivity contribution in [2.24, 2.45) is 0 Å². The van der Waals surface area contributed by atoms with E-state index in [2.05, 4.69) is 14.8 Å². The number of nitrogen functional groups attached to an aromatic ring is 1. The van der Waals surface area contributed by atoms with Crippen LogP contribution in [0.3, 0.4) is 0 Å². The Kier molecular flexibility index (Phi) is 5.03. The van der Waals surface area contributed by atoms with Gasteiger partial charge in [0.05, 0.1) is 18.4 Å². The van der Waals surface area contributed by atoms with Crippen LogP contribution in [-0.4, -0.2) is 60.4 Å². The number of nitrogens with zero attached hydrogens (tertiary/aromatic N) is 3. The van der Waals surface area contributed by atoms with Gasteiger partial charge in [0.1, 0.15) is 5.82 Å². The SMILES string of the molecule is CC(C)Oc1nc(N2CCN(CCO)CC2)ccc1N. The first kappa shape index (κ1) is 14.9. The van der Waals surface area contributed by atoms with E-state index in [1.165, 1.54) is 0 Å². The van der Waals surface area contributed by atoms with Crippen molar-refractivity contribution in [1.82, 2.24) is 9.88 Å². The fourth-order valence-corrected chi connectivity index (χ4v) is 2.28. The molecule has 0 atom stereocenters. The van der Waals surface area contributed by atoms with Crippen molar-refractivity contribution < 1.29 is 9.84 Å². The minimum absolute atomic E-state index is 0.0569. The molecule has 0 bridgehead atoms. The lowest BCUT2D eigenvalue weighted by molar-refractivity contribution is 0.188. The Morgan fingerprint density at radius 2 is 2.00 bits per heavy atom. The summed E-state index contributed by atoms with van der Waals surface area (Å²) in [6, 6.07) is 3.78. The van der Waals surface area contributed by atoms with E-state index in [0.717, 1.165) is 38.5 Å². The molecule has 1 fully saturated rings. The third-order valence-electron chi connectivity index (χ3n) is 3.33. The Bertz CT molecular complexity index is 431. The summed E-state index contributed by atoms with van der Waals surface area (Å²) < 4.78 is 5.63. The van der Waals surface area contributed by atoms with Gasteiger partial charge in [-0.15, -0.1) is 0 Å². The molecule has 0 aromatic carbocycles. The van der Waals surface area contributed by atoms with Gasteiger partial charge in [-0.25, -0.2) is 0 Å². The minimum atomic E-state index is 0.0569. The standard InChI is InChI=1S/C14H24N4O2/c1-11(2)20-14-12(15)3-4-13(16-14)18-7-5-17(6-8-18)9-10-19/h3-4,11,19H,5-10,15H2,1-2H3. The first-order valence-electron chi connectivity index (χ1n) is 7.11. The summed E-state index contributed by atoms with van der Waals surface area (Å²) in [5.41, 5.74) is 6.46. The topological polar surface area (TPSA) is 74.8 Å². The van der Waals surface area contributed by atoms with Gasteiger partial charge in [-0.1, -0.05) is 0 Å². The fraction of sp³-hybridized carbons (Fsp3) is 0.643. The van der Waals surface area contributed by atoms with Crippen LogP contribution in [0.25, 0.3) is 0 Å². The van der Waals surface area contributed by atoms with Crippen LogP contribution in [0.4, 0.5) is 11.5 Å². The first-order chi connectivity index (χ1) is 9.60. The third-order valence-corrected chi connectivity index (χ3v) is 3.33. The molecule has 2 rings (SSSR count). The minimum Gasteiger partial charge on any atom is -0.473 e. The van der Waals surface area contributed by atoms with E-state index in [-0.39, 0.29) is 12.7 Å². The molecule has 0 saturated carbocycles. The van der Waals surface area contributed by atoms with Crippen molar-refractivity contribution in [2.75, 3.05) is 50.0 Å². The van der Waals surface area contributed by atoms with Crippen LogP contribution in [0.2, 0.25) is 0 Å². The lowest BCUT2D eigenvalue weighted by Gasteiger charge is -2.35. The Morgan fingerprint density at radius 3 is 2.60 bits per heavy atom. The molecule has 1 aliphatic rings.